The van der Waals surface area contributed by atoms with Gasteiger partial charge in [-0.2, -0.15) is 0 Å². The van der Waals surface area contributed by atoms with E-state index >= 15 is 0 Å². The number of ether oxygens (including phenoxy) is 1. The molecule has 126 valence electrons. The molecular weight excluding hydrogens is 300 g/mol. The summed E-state index contributed by atoms with van der Waals surface area (Å²) in [5.74, 6) is -0.0625. The zero-order valence-corrected chi connectivity index (χ0v) is 14.3. The Morgan fingerprint density at radius 3 is 2.67 bits per heavy atom. The van der Waals surface area contributed by atoms with Crippen LogP contribution in [-0.2, 0) is 11.3 Å². The number of carbonyl (C=O) groups is 1. The highest BCUT2D eigenvalue weighted by atomic mass is 16.5. The van der Waals surface area contributed by atoms with Gasteiger partial charge < -0.3 is 10.1 Å². The van der Waals surface area contributed by atoms with Crippen LogP contribution in [0.25, 0.3) is 0 Å². The summed E-state index contributed by atoms with van der Waals surface area (Å²) < 4.78 is 5.38. The molecular formula is C20H24N2O2. The molecule has 3 rings (SSSR count). The Hall–Kier alpha value is -2.17. The number of morpholine rings is 1. The van der Waals surface area contributed by atoms with E-state index in [0.717, 1.165) is 49.7 Å². The van der Waals surface area contributed by atoms with Gasteiger partial charge in [0.2, 0.25) is 0 Å². The Kier molecular flexibility index (Phi) is 5.28. The van der Waals surface area contributed by atoms with Crippen LogP contribution in [-0.4, -0.2) is 37.1 Å². The van der Waals surface area contributed by atoms with Crippen LogP contribution in [0, 0.1) is 13.8 Å². The Morgan fingerprint density at radius 2 is 1.88 bits per heavy atom. The molecule has 1 aliphatic rings. The third-order valence-corrected chi connectivity index (χ3v) is 4.55. The van der Waals surface area contributed by atoms with Crippen molar-refractivity contribution in [3.05, 3.63) is 64.7 Å². The minimum atomic E-state index is -0.0625. The van der Waals surface area contributed by atoms with Crippen molar-refractivity contribution >= 4 is 11.6 Å². The van der Waals surface area contributed by atoms with Crippen molar-refractivity contribution in [2.24, 2.45) is 0 Å². The van der Waals surface area contributed by atoms with Gasteiger partial charge in [-0.05, 0) is 48.7 Å². The lowest BCUT2D eigenvalue weighted by molar-refractivity contribution is 0.0342. The van der Waals surface area contributed by atoms with Gasteiger partial charge in [-0.15, -0.1) is 0 Å². The minimum absolute atomic E-state index is 0.0625. The first kappa shape index (κ1) is 16.7. The molecule has 1 amide bonds. The number of carbonyl (C=O) groups excluding carboxylic acids is 1. The summed E-state index contributed by atoms with van der Waals surface area (Å²) in [6, 6.07) is 13.8. The molecule has 0 aromatic heterocycles. The highest BCUT2D eigenvalue weighted by Gasteiger charge is 2.13. The van der Waals surface area contributed by atoms with Crippen LogP contribution in [0.2, 0.25) is 0 Å². The molecule has 0 bridgehead atoms. The second kappa shape index (κ2) is 7.60. The van der Waals surface area contributed by atoms with Gasteiger partial charge in [-0.1, -0.05) is 24.3 Å². The summed E-state index contributed by atoms with van der Waals surface area (Å²) >= 11 is 0. The molecule has 0 unspecified atom stereocenters. The largest absolute Gasteiger partial charge is 0.379 e. The molecule has 4 nitrogen and oxygen atoms in total. The second-order valence-corrected chi connectivity index (χ2v) is 6.29. The van der Waals surface area contributed by atoms with Crippen LogP contribution in [0.1, 0.15) is 27.0 Å². The third kappa shape index (κ3) is 4.02. The molecule has 0 atom stereocenters. The summed E-state index contributed by atoms with van der Waals surface area (Å²) in [7, 11) is 0. The molecule has 1 aliphatic heterocycles. The first-order valence-electron chi connectivity index (χ1n) is 8.40. The molecule has 0 spiro atoms. The highest BCUT2D eigenvalue weighted by Crippen LogP contribution is 2.19. The summed E-state index contributed by atoms with van der Waals surface area (Å²) in [5.41, 5.74) is 5.01. The molecule has 0 radical (unpaired) electrons. The number of aryl methyl sites for hydroxylation is 1. The number of hydrogen-bond acceptors (Lipinski definition) is 3. The Labute approximate surface area is 143 Å². The van der Waals surface area contributed by atoms with E-state index in [2.05, 4.69) is 16.3 Å². The van der Waals surface area contributed by atoms with Gasteiger partial charge in [0.25, 0.3) is 5.91 Å². The van der Waals surface area contributed by atoms with Gasteiger partial charge in [0.1, 0.15) is 0 Å². The molecule has 4 heteroatoms. The quantitative estimate of drug-likeness (QED) is 0.937. The van der Waals surface area contributed by atoms with E-state index in [1.165, 1.54) is 5.56 Å². The highest BCUT2D eigenvalue weighted by molar-refractivity contribution is 6.04. The van der Waals surface area contributed by atoms with E-state index in [1.807, 2.05) is 50.2 Å². The Bertz CT molecular complexity index is 721. The Balaban J connectivity index is 1.70. The van der Waals surface area contributed by atoms with E-state index in [-0.39, 0.29) is 5.91 Å². The van der Waals surface area contributed by atoms with Crippen LogP contribution in [0.3, 0.4) is 0 Å². The van der Waals surface area contributed by atoms with Crippen molar-refractivity contribution in [3.63, 3.8) is 0 Å². The van der Waals surface area contributed by atoms with Crippen molar-refractivity contribution in [2.45, 2.75) is 20.4 Å². The number of nitrogens with zero attached hydrogens (tertiary/aromatic N) is 1. The number of anilines is 1. The van der Waals surface area contributed by atoms with Gasteiger partial charge in [-0.3, -0.25) is 9.69 Å². The normalized spacial score (nSPS) is 15.2. The van der Waals surface area contributed by atoms with E-state index in [0.29, 0.717) is 5.56 Å². The fourth-order valence-corrected chi connectivity index (χ4v) is 2.91. The van der Waals surface area contributed by atoms with Gasteiger partial charge in [0.05, 0.1) is 13.2 Å². The maximum Gasteiger partial charge on any atom is 0.255 e. The topological polar surface area (TPSA) is 41.6 Å². The van der Waals surface area contributed by atoms with Crippen molar-refractivity contribution in [3.8, 4) is 0 Å². The molecule has 1 heterocycles. The average molecular weight is 324 g/mol. The maximum absolute atomic E-state index is 12.6. The van der Waals surface area contributed by atoms with Gasteiger partial charge >= 0.3 is 0 Å². The van der Waals surface area contributed by atoms with Gasteiger partial charge in [0.15, 0.2) is 0 Å². The lowest BCUT2D eigenvalue weighted by Crippen LogP contribution is -2.35. The predicted octanol–water partition coefficient (Wildman–Crippen LogP) is 3.39. The van der Waals surface area contributed by atoms with E-state index in [1.54, 1.807) is 0 Å². The zero-order chi connectivity index (χ0) is 16.9. The van der Waals surface area contributed by atoms with Crippen molar-refractivity contribution in [1.29, 1.82) is 0 Å². The first-order valence-corrected chi connectivity index (χ1v) is 8.40. The predicted molar refractivity (Wildman–Crippen MR) is 96.4 cm³/mol. The van der Waals surface area contributed by atoms with E-state index in [4.69, 9.17) is 4.74 Å². The third-order valence-electron chi connectivity index (χ3n) is 4.55. The molecule has 24 heavy (non-hydrogen) atoms. The molecule has 0 aliphatic carbocycles. The molecule has 1 fully saturated rings. The van der Waals surface area contributed by atoms with Crippen molar-refractivity contribution in [2.75, 3.05) is 31.6 Å². The van der Waals surface area contributed by atoms with Crippen LogP contribution in [0.15, 0.2) is 42.5 Å². The fraction of sp³-hybridized carbons (Fsp3) is 0.350. The van der Waals surface area contributed by atoms with Crippen molar-refractivity contribution < 1.29 is 9.53 Å². The average Bonchev–Trinajstić information content (AvgIpc) is 2.60. The monoisotopic (exact) mass is 324 g/mol. The van der Waals surface area contributed by atoms with E-state index in [9.17, 15) is 4.79 Å². The molecule has 2 aromatic rings. The minimum Gasteiger partial charge on any atom is -0.379 e. The number of rotatable bonds is 4. The van der Waals surface area contributed by atoms with Crippen LogP contribution >= 0.6 is 0 Å². The lowest BCUT2D eigenvalue weighted by atomic mass is 10.1. The molecule has 1 saturated heterocycles. The van der Waals surface area contributed by atoms with E-state index < -0.39 is 0 Å². The van der Waals surface area contributed by atoms with Crippen molar-refractivity contribution in [1.82, 2.24) is 4.90 Å². The fourth-order valence-electron chi connectivity index (χ4n) is 2.91. The lowest BCUT2D eigenvalue weighted by Gasteiger charge is -2.26. The number of amides is 1. The standard InChI is InChI=1S/C20H24N2O2/c1-15-5-3-8-19(16(15)2)21-20(23)18-7-4-6-17(13-18)14-22-9-11-24-12-10-22/h3-8,13H,9-12,14H2,1-2H3,(H,21,23). The van der Waals surface area contributed by atoms with Gasteiger partial charge in [0, 0.05) is 30.9 Å². The van der Waals surface area contributed by atoms with Crippen LogP contribution in [0.5, 0.6) is 0 Å². The number of hydrogen-bond donors (Lipinski definition) is 1. The van der Waals surface area contributed by atoms with Crippen LogP contribution < -0.4 is 5.32 Å². The number of benzene rings is 2. The zero-order valence-electron chi connectivity index (χ0n) is 14.3. The summed E-state index contributed by atoms with van der Waals surface area (Å²) in [5, 5.41) is 3.03. The summed E-state index contributed by atoms with van der Waals surface area (Å²) in [6.45, 7) is 8.39. The maximum atomic E-state index is 12.6. The SMILES string of the molecule is Cc1cccc(NC(=O)c2cccc(CN3CCOCC3)c2)c1C. The molecule has 2 aromatic carbocycles. The number of nitrogens with one attached hydrogen (secondary N) is 1. The van der Waals surface area contributed by atoms with Gasteiger partial charge in [-0.25, -0.2) is 0 Å². The molecule has 0 saturated carbocycles. The summed E-state index contributed by atoms with van der Waals surface area (Å²) in [6.07, 6.45) is 0. The Morgan fingerprint density at radius 1 is 1.12 bits per heavy atom. The first-order chi connectivity index (χ1) is 11.6. The van der Waals surface area contributed by atoms with Crippen LogP contribution in [0.4, 0.5) is 5.69 Å². The second-order valence-electron chi connectivity index (χ2n) is 6.29. The summed E-state index contributed by atoms with van der Waals surface area (Å²) in [4.78, 5) is 14.9. The molecule has 1 N–H and O–H groups in total. The smallest absolute Gasteiger partial charge is 0.255 e.